The smallest absolute Gasteiger partial charge is 0.0685 e. The van der Waals surface area contributed by atoms with E-state index >= 15 is 0 Å². The van der Waals surface area contributed by atoms with E-state index in [1.54, 1.807) is 0 Å². The number of halogens is 2. The Bertz CT molecular complexity index is 485. The van der Waals surface area contributed by atoms with Gasteiger partial charge in [-0.1, -0.05) is 44.7 Å². The standard InChI is InChI=1S/C16H21Br2NO/c17-12-3-4-14(18)13(9-12)15(19)11-5-8-20-16(10-11)6-1-2-7-16/h3-4,9,11,15H,1-2,5-8,10,19H2. The molecule has 2 fully saturated rings. The summed E-state index contributed by atoms with van der Waals surface area (Å²) in [6.07, 6.45) is 7.24. The Balaban J connectivity index is 1.79. The van der Waals surface area contributed by atoms with Gasteiger partial charge in [0.2, 0.25) is 0 Å². The van der Waals surface area contributed by atoms with Crippen LogP contribution in [0.15, 0.2) is 27.1 Å². The van der Waals surface area contributed by atoms with Crippen molar-refractivity contribution in [2.75, 3.05) is 6.61 Å². The van der Waals surface area contributed by atoms with Crippen LogP contribution in [0.1, 0.15) is 50.1 Å². The molecule has 1 spiro atoms. The van der Waals surface area contributed by atoms with Gasteiger partial charge in [0, 0.05) is 21.6 Å². The van der Waals surface area contributed by atoms with Crippen LogP contribution in [0.5, 0.6) is 0 Å². The van der Waals surface area contributed by atoms with E-state index in [9.17, 15) is 0 Å². The maximum atomic E-state index is 6.58. The molecule has 110 valence electrons. The highest BCUT2D eigenvalue weighted by atomic mass is 79.9. The quantitative estimate of drug-likeness (QED) is 0.759. The van der Waals surface area contributed by atoms with Gasteiger partial charge in [0.05, 0.1) is 5.60 Å². The molecule has 1 heterocycles. The summed E-state index contributed by atoms with van der Waals surface area (Å²) >= 11 is 7.19. The lowest BCUT2D eigenvalue weighted by molar-refractivity contribution is -0.0964. The van der Waals surface area contributed by atoms with Crippen molar-refractivity contribution in [3.63, 3.8) is 0 Å². The molecule has 2 N–H and O–H groups in total. The van der Waals surface area contributed by atoms with E-state index < -0.39 is 0 Å². The van der Waals surface area contributed by atoms with Gasteiger partial charge in [0.15, 0.2) is 0 Å². The maximum Gasteiger partial charge on any atom is 0.0685 e. The van der Waals surface area contributed by atoms with Crippen LogP contribution in [0.2, 0.25) is 0 Å². The lowest BCUT2D eigenvalue weighted by Gasteiger charge is -2.40. The molecule has 0 bridgehead atoms. The summed E-state index contributed by atoms with van der Waals surface area (Å²) in [6.45, 7) is 0.865. The van der Waals surface area contributed by atoms with Gasteiger partial charge in [-0.3, -0.25) is 0 Å². The fourth-order valence-electron chi connectivity index (χ4n) is 3.76. The Hall–Kier alpha value is 0.1000. The minimum absolute atomic E-state index is 0.0863. The van der Waals surface area contributed by atoms with E-state index in [1.165, 1.54) is 31.2 Å². The second-order valence-electron chi connectivity index (χ2n) is 6.18. The van der Waals surface area contributed by atoms with Crippen LogP contribution in [0, 0.1) is 5.92 Å². The molecule has 1 aromatic rings. The van der Waals surface area contributed by atoms with Gasteiger partial charge in [-0.05, 0) is 55.4 Å². The average molecular weight is 403 g/mol. The third-order valence-electron chi connectivity index (χ3n) is 4.87. The predicted molar refractivity (Wildman–Crippen MR) is 88.6 cm³/mol. The lowest BCUT2D eigenvalue weighted by Crippen LogP contribution is -2.40. The topological polar surface area (TPSA) is 35.2 Å². The summed E-state index contributed by atoms with van der Waals surface area (Å²) in [5.74, 6) is 0.521. The van der Waals surface area contributed by atoms with Gasteiger partial charge in [0.25, 0.3) is 0 Å². The molecule has 1 saturated carbocycles. The van der Waals surface area contributed by atoms with Gasteiger partial charge in [-0.2, -0.15) is 0 Å². The molecule has 3 rings (SSSR count). The number of benzene rings is 1. The highest BCUT2D eigenvalue weighted by Crippen LogP contribution is 2.45. The van der Waals surface area contributed by atoms with Crippen LogP contribution >= 0.6 is 31.9 Å². The molecule has 1 aliphatic carbocycles. The normalized spacial score (nSPS) is 26.9. The zero-order chi connectivity index (χ0) is 14.2. The number of nitrogens with two attached hydrogens (primary N) is 1. The average Bonchev–Trinajstić information content (AvgIpc) is 2.88. The highest BCUT2D eigenvalue weighted by molar-refractivity contribution is 9.11. The zero-order valence-corrected chi connectivity index (χ0v) is 14.8. The Morgan fingerprint density at radius 3 is 2.75 bits per heavy atom. The van der Waals surface area contributed by atoms with Crippen LogP contribution in [-0.4, -0.2) is 12.2 Å². The number of ether oxygens (including phenoxy) is 1. The largest absolute Gasteiger partial charge is 0.375 e. The van der Waals surface area contributed by atoms with Crippen molar-refractivity contribution in [3.05, 3.63) is 32.7 Å². The fourth-order valence-corrected chi connectivity index (χ4v) is 4.65. The Morgan fingerprint density at radius 2 is 2.00 bits per heavy atom. The minimum atomic E-state index is 0.0863. The Labute approximate surface area is 137 Å². The zero-order valence-electron chi connectivity index (χ0n) is 11.6. The molecule has 0 amide bonds. The first kappa shape index (κ1) is 15.0. The monoisotopic (exact) mass is 401 g/mol. The number of rotatable bonds is 2. The molecular formula is C16H21Br2NO. The summed E-state index contributed by atoms with van der Waals surface area (Å²) < 4.78 is 8.32. The van der Waals surface area contributed by atoms with Crippen molar-refractivity contribution in [2.45, 2.75) is 50.2 Å². The lowest BCUT2D eigenvalue weighted by atomic mass is 9.79. The molecule has 1 aliphatic heterocycles. The Morgan fingerprint density at radius 1 is 1.25 bits per heavy atom. The molecular weight excluding hydrogens is 382 g/mol. The summed E-state index contributed by atoms with van der Waals surface area (Å²) in [5.41, 5.74) is 7.93. The summed E-state index contributed by atoms with van der Waals surface area (Å²) in [7, 11) is 0. The SMILES string of the molecule is NC(c1cc(Br)ccc1Br)C1CCOC2(CCCC2)C1. The molecule has 4 heteroatoms. The number of hydrogen-bond acceptors (Lipinski definition) is 2. The van der Waals surface area contributed by atoms with Crippen LogP contribution < -0.4 is 5.73 Å². The van der Waals surface area contributed by atoms with Crippen molar-refractivity contribution in [1.29, 1.82) is 0 Å². The Kier molecular flexibility index (Phi) is 4.56. The van der Waals surface area contributed by atoms with E-state index in [4.69, 9.17) is 10.5 Å². The first-order chi connectivity index (χ1) is 9.60. The molecule has 20 heavy (non-hydrogen) atoms. The molecule has 2 nitrogen and oxygen atoms in total. The summed E-state index contributed by atoms with van der Waals surface area (Å²) in [6, 6.07) is 6.35. The molecule has 2 aliphatic rings. The van der Waals surface area contributed by atoms with E-state index in [-0.39, 0.29) is 11.6 Å². The minimum Gasteiger partial charge on any atom is -0.375 e. The first-order valence-electron chi connectivity index (χ1n) is 7.44. The first-order valence-corrected chi connectivity index (χ1v) is 9.03. The van der Waals surface area contributed by atoms with E-state index in [2.05, 4.69) is 44.0 Å². The van der Waals surface area contributed by atoms with E-state index in [0.29, 0.717) is 5.92 Å². The molecule has 2 atom stereocenters. The second-order valence-corrected chi connectivity index (χ2v) is 7.95. The molecule has 0 radical (unpaired) electrons. The fraction of sp³-hybridized carbons (Fsp3) is 0.625. The van der Waals surface area contributed by atoms with Crippen molar-refractivity contribution in [2.24, 2.45) is 11.7 Å². The van der Waals surface area contributed by atoms with Crippen LogP contribution in [0.3, 0.4) is 0 Å². The van der Waals surface area contributed by atoms with Gasteiger partial charge in [-0.25, -0.2) is 0 Å². The second kappa shape index (κ2) is 6.07. The van der Waals surface area contributed by atoms with Gasteiger partial charge < -0.3 is 10.5 Å². The highest BCUT2D eigenvalue weighted by Gasteiger charge is 2.41. The van der Waals surface area contributed by atoms with Crippen molar-refractivity contribution in [3.8, 4) is 0 Å². The van der Waals surface area contributed by atoms with Crippen molar-refractivity contribution in [1.82, 2.24) is 0 Å². The summed E-state index contributed by atoms with van der Waals surface area (Å²) in [4.78, 5) is 0. The van der Waals surface area contributed by atoms with E-state index in [0.717, 1.165) is 28.4 Å². The van der Waals surface area contributed by atoms with Crippen LogP contribution in [-0.2, 0) is 4.74 Å². The van der Waals surface area contributed by atoms with Gasteiger partial charge in [-0.15, -0.1) is 0 Å². The van der Waals surface area contributed by atoms with Gasteiger partial charge in [0.1, 0.15) is 0 Å². The third kappa shape index (κ3) is 2.99. The van der Waals surface area contributed by atoms with Gasteiger partial charge >= 0.3 is 0 Å². The van der Waals surface area contributed by atoms with Crippen LogP contribution in [0.25, 0.3) is 0 Å². The predicted octanol–water partition coefficient (Wildman–Crippen LogP) is 4.95. The molecule has 1 aromatic carbocycles. The molecule has 2 unspecified atom stereocenters. The maximum absolute atomic E-state index is 6.58. The number of hydrogen-bond donors (Lipinski definition) is 1. The molecule has 1 saturated heterocycles. The van der Waals surface area contributed by atoms with Crippen molar-refractivity contribution >= 4 is 31.9 Å². The third-order valence-corrected chi connectivity index (χ3v) is 6.09. The summed E-state index contributed by atoms with van der Waals surface area (Å²) in [5, 5.41) is 0. The van der Waals surface area contributed by atoms with Crippen LogP contribution in [0.4, 0.5) is 0 Å². The van der Waals surface area contributed by atoms with Crippen molar-refractivity contribution < 1.29 is 4.74 Å². The molecule has 0 aromatic heterocycles. The van der Waals surface area contributed by atoms with E-state index in [1.807, 2.05) is 6.07 Å².